The lowest BCUT2D eigenvalue weighted by Crippen LogP contribution is -2.36. The van der Waals surface area contributed by atoms with E-state index in [1.54, 1.807) is 12.1 Å². The van der Waals surface area contributed by atoms with Gasteiger partial charge in [0.25, 0.3) is 0 Å². The molecule has 1 aliphatic carbocycles. The van der Waals surface area contributed by atoms with Gasteiger partial charge in [-0.05, 0) is 53.5 Å². The number of rotatable bonds is 5. The second-order valence-electron chi connectivity index (χ2n) is 8.09. The molecule has 0 heterocycles. The maximum Gasteiger partial charge on any atom is 0.230 e. The lowest BCUT2D eigenvalue weighted by Gasteiger charge is -2.21. The molecule has 0 unspecified atom stereocenters. The Balaban J connectivity index is 1.61. The first-order chi connectivity index (χ1) is 11.8. The van der Waals surface area contributed by atoms with E-state index in [1.165, 1.54) is 5.56 Å². The largest absolute Gasteiger partial charge is 0.508 e. The topological polar surface area (TPSA) is 49.3 Å². The van der Waals surface area contributed by atoms with E-state index in [0.717, 1.165) is 30.4 Å². The predicted octanol–water partition coefficient (Wildman–Crippen LogP) is 4.08. The number of carbonyl (C=O) groups excluding carboxylic acids is 1. The van der Waals surface area contributed by atoms with Crippen molar-refractivity contribution in [2.24, 2.45) is 0 Å². The van der Waals surface area contributed by atoms with Gasteiger partial charge in [0.2, 0.25) is 5.91 Å². The van der Waals surface area contributed by atoms with E-state index >= 15 is 0 Å². The summed E-state index contributed by atoms with van der Waals surface area (Å²) in [7, 11) is 0. The normalized spacial score (nSPS) is 15.6. The van der Waals surface area contributed by atoms with E-state index in [9.17, 15) is 9.90 Å². The molecule has 1 aliphatic rings. The standard InChI is InChI=1S/C22H27NO2/c1-21(2,3)17-7-9-18(10-8-17)22(12-13-22)20(25)23-14-11-16-5-4-6-19(24)15-16/h4-10,15,24H,11-14H2,1-3H3,(H,23,25). The van der Waals surface area contributed by atoms with Crippen LogP contribution in [-0.4, -0.2) is 17.6 Å². The summed E-state index contributed by atoms with van der Waals surface area (Å²) in [5.41, 5.74) is 3.22. The second kappa shape index (κ2) is 6.55. The third-order valence-electron chi connectivity index (χ3n) is 5.10. The Kier molecular flexibility index (Phi) is 4.59. The smallest absolute Gasteiger partial charge is 0.230 e. The Morgan fingerprint density at radius 3 is 2.36 bits per heavy atom. The van der Waals surface area contributed by atoms with Gasteiger partial charge in [0.05, 0.1) is 5.41 Å². The van der Waals surface area contributed by atoms with Gasteiger partial charge in [-0.2, -0.15) is 0 Å². The van der Waals surface area contributed by atoms with Crippen LogP contribution in [0.25, 0.3) is 0 Å². The highest BCUT2D eigenvalue weighted by Crippen LogP contribution is 2.48. The van der Waals surface area contributed by atoms with Gasteiger partial charge in [0.1, 0.15) is 5.75 Å². The molecule has 0 radical (unpaired) electrons. The van der Waals surface area contributed by atoms with Gasteiger partial charge in [-0.1, -0.05) is 57.2 Å². The highest BCUT2D eigenvalue weighted by molar-refractivity contribution is 5.91. The molecule has 0 atom stereocenters. The summed E-state index contributed by atoms with van der Waals surface area (Å²) in [6.45, 7) is 7.18. The minimum absolute atomic E-state index is 0.121. The third-order valence-corrected chi connectivity index (χ3v) is 5.10. The fraction of sp³-hybridized carbons (Fsp3) is 0.409. The fourth-order valence-corrected chi connectivity index (χ4v) is 3.26. The molecule has 2 aromatic carbocycles. The van der Waals surface area contributed by atoms with Crippen LogP contribution < -0.4 is 5.32 Å². The van der Waals surface area contributed by atoms with Gasteiger partial charge in [-0.25, -0.2) is 0 Å². The lowest BCUT2D eigenvalue weighted by molar-refractivity contribution is -0.123. The monoisotopic (exact) mass is 337 g/mol. The molecule has 3 heteroatoms. The predicted molar refractivity (Wildman–Crippen MR) is 101 cm³/mol. The summed E-state index contributed by atoms with van der Waals surface area (Å²) in [4.78, 5) is 12.7. The number of hydrogen-bond acceptors (Lipinski definition) is 2. The maximum atomic E-state index is 12.7. The molecule has 0 aliphatic heterocycles. The summed E-state index contributed by atoms with van der Waals surface area (Å²) >= 11 is 0. The van der Waals surface area contributed by atoms with Crippen molar-refractivity contribution < 1.29 is 9.90 Å². The number of benzene rings is 2. The van der Waals surface area contributed by atoms with Crippen molar-refractivity contribution in [3.63, 3.8) is 0 Å². The van der Waals surface area contributed by atoms with Gasteiger partial charge >= 0.3 is 0 Å². The Labute approximate surface area is 150 Å². The molecule has 0 aromatic heterocycles. The van der Waals surface area contributed by atoms with Gasteiger partial charge in [0.15, 0.2) is 0 Å². The lowest BCUT2D eigenvalue weighted by atomic mass is 9.85. The van der Waals surface area contributed by atoms with Gasteiger partial charge < -0.3 is 10.4 Å². The third kappa shape index (κ3) is 3.87. The van der Waals surface area contributed by atoms with E-state index < -0.39 is 0 Å². The van der Waals surface area contributed by atoms with Crippen LogP contribution in [0.4, 0.5) is 0 Å². The zero-order valence-corrected chi connectivity index (χ0v) is 15.3. The van der Waals surface area contributed by atoms with Crippen LogP contribution in [0.3, 0.4) is 0 Å². The van der Waals surface area contributed by atoms with Crippen molar-refractivity contribution in [1.29, 1.82) is 0 Å². The van der Waals surface area contributed by atoms with Crippen LogP contribution in [0.15, 0.2) is 48.5 Å². The number of carbonyl (C=O) groups is 1. The second-order valence-corrected chi connectivity index (χ2v) is 8.09. The molecule has 0 bridgehead atoms. The Morgan fingerprint density at radius 2 is 1.80 bits per heavy atom. The fourth-order valence-electron chi connectivity index (χ4n) is 3.26. The van der Waals surface area contributed by atoms with E-state index in [2.05, 4.69) is 50.4 Å². The zero-order chi connectivity index (χ0) is 18.1. The first kappa shape index (κ1) is 17.5. The molecule has 132 valence electrons. The summed E-state index contributed by atoms with van der Waals surface area (Å²) in [5.74, 6) is 0.387. The van der Waals surface area contributed by atoms with E-state index in [-0.39, 0.29) is 22.5 Å². The molecule has 2 N–H and O–H groups in total. The Morgan fingerprint density at radius 1 is 1.12 bits per heavy atom. The van der Waals surface area contributed by atoms with Crippen LogP contribution in [0, 0.1) is 0 Å². The van der Waals surface area contributed by atoms with Crippen molar-refractivity contribution >= 4 is 5.91 Å². The molecular weight excluding hydrogens is 310 g/mol. The number of nitrogens with one attached hydrogen (secondary N) is 1. The van der Waals surface area contributed by atoms with Gasteiger partial charge in [0, 0.05) is 6.54 Å². The van der Waals surface area contributed by atoms with Crippen molar-refractivity contribution in [2.45, 2.75) is 50.9 Å². The molecule has 0 saturated heterocycles. The first-order valence-corrected chi connectivity index (χ1v) is 8.98. The minimum atomic E-state index is -0.338. The summed E-state index contributed by atoms with van der Waals surface area (Å²) in [6, 6.07) is 15.7. The number of aromatic hydroxyl groups is 1. The van der Waals surface area contributed by atoms with Crippen LogP contribution in [-0.2, 0) is 22.0 Å². The molecule has 3 nitrogen and oxygen atoms in total. The molecule has 1 saturated carbocycles. The van der Waals surface area contributed by atoms with Crippen LogP contribution in [0.5, 0.6) is 5.75 Å². The summed E-state index contributed by atoms with van der Waals surface area (Å²) in [6.07, 6.45) is 2.55. The zero-order valence-electron chi connectivity index (χ0n) is 15.3. The molecule has 25 heavy (non-hydrogen) atoms. The average molecular weight is 337 g/mol. The van der Waals surface area contributed by atoms with Crippen LogP contribution in [0.1, 0.15) is 50.3 Å². The Bertz CT molecular complexity index is 752. The highest BCUT2D eigenvalue weighted by Gasteiger charge is 2.51. The number of phenols is 1. The molecule has 3 rings (SSSR count). The molecule has 2 aromatic rings. The minimum Gasteiger partial charge on any atom is -0.508 e. The SMILES string of the molecule is CC(C)(C)c1ccc(C2(C(=O)NCCc3cccc(O)c3)CC2)cc1. The van der Waals surface area contributed by atoms with Crippen molar-refractivity contribution in [2.75, 3.05) is 6.54 Å². The first-order valence-electron chi connectivity index (χ1n) is 8.98. The number of phenolic OH excluding ortho intramolecular Hbond substituents is 1. The number of amides is 1. The van der Waals surface area contributed by atoms with E-state index in [4.69, 9.17) is 0 Å². The van der Waals surface area contributed by atoms with Crippen molar-refractivity contribution in [1.82, 2.24) is 5.32 Å². The van der Waals surface area contributed by atoms with Gasteiger partial charge in [-0.15, -0.1) is 0 Å². The quantitative estimate of drug-likeness (QED) is 0.864. The molecular formula is C22H27NO2. The molecule has 1 fully saturated rings. The van der Waals surface area contributed by atoms with E-state index in [0.29, 0.717) is 6.54 Å². The average Bonchev–Trinajstić information content (AvgIpc) is 3.36. The van der Waals surface area contributed by atoms with Gasteiger partial charge in [-0.3, -0.25) is 4.79 Å². The Hall–Kier alpha value is -2.29. The summed E-state index contributed by atoms with van der Waals surface area (Å²) < 4.78 is 0. The highest BCUT2D eigenvalue weighted by atomic mass is 16.3. The molecule has 1 amide bonds. The maximum absolute atomic E-state index is 12.7. The van der Waals surface area contributed by atoms with Crippen molar-refractivity contribution in [3.05, 3.63) is 65.2 Å². The van der Waals surface area contributed by atoms with E-state index in [1.807, 2.05) is 12.1 Å². The van der Waals surface area contributed by atoms with Crippen LogP contribution in [0.2, 0.25) is 0 Å². The van der Waals surface area contributed by atoms with Crippen LogP contribution >= 0.6 is 0 Å². The molecule has 0 spiro atoms. The van der Waals surface area contributed by atoms with Crippen molar-refractivity contribution in [3.8, 4) is 5.75 Å². The summed E-state index contributed by atoms with van der Waals surface area (Å²) in [5, 5.41) is 12.6. The number of hydrogen-bond donors (Lipinski definition) is 2.